The molecule has 3 aromatic rings. The lowest BCUT2D eigenvalue weighted by Gasteiger charge is -2.25. The third kappa shape index (κ3) is 2.51. The largest absolute Gasteiger partial charge is 0.497 e. The molecule has 0 unspecified atom stereocenters. The van der Waals surface area contributed by atoms with Crippen molar-refractivity contribution in [1.82, 2.24) is 15.0 Å². The number of imide groups is 1. The normalized spacial score (nSPS) is 30.9. The summed E-state index contributed by atoms with van der Waals surface area (Å²) in [4.78, 5) is 35.3. The van der Waals surface area contributed by atoms with E-state index in [1.807, 2.05) is 30.3 Å². The van der Waals surface area contributed by atoms with Crippen molar-refractivity contribution in [2.45, 2.75) is 18.3 Å². The Balaban J connectivity index is 1.19. The molecule has 3 saturated heterocycles. The van der Waals surface area contributed by atoms with Gasteiger partial charge in [-0.1, -0.05) is 23.4 Å². The van der Waals surface area contributed by atoms with Crippen LogP contribution in [0.25, 0.3) is 5.69 Å². The van der Waals surface area contributed by atoms with Crippen LogP contribution in [0.4, 0.5) is 5.69 Å². The van der Waals surface area contributed by atoms with Gasteiger partial charge in [0.2, 0.25) is 11.8 Å². The quantitative estimate of drug-likeness (QED) is 0.548. The van der Waals surface area contributed by atoms with Crippen LogP contribution < -0.4 is 9.64 Å². The van der Waals surface area contributed by atoms with Gasteiger partial charge in [-0.3, -0.25) is 9.59 Å². The van der Waals surface area contributed by atoms with Crippen LogP contribution in [0, 0.1) is 17.8 Å². The van der Waals surface area contributed by atoms with Crippen molar-refractivity contribution in [3.63, 3.8) is 0 Å². The number of benzene rings is 2. The molecule has 34 heavy (non-hydrogen) atoms. The van der Waals surface area contributed by atoms with Gasteiger partial charge in [0.05, 0.1) is 48.5 Å². The Morgan fingerprint density at radius 2 is 1.59 bits per heavy atom. The van der Waals surface area contributed by atoms with Crippen LogP contribution in [-0.2, 0) is 19.2 Å². The summed E-state index contributed by atoms with van der Waals surface area (Å²) >= 11 is 0. The fraction of sp³-hybridized carbons (Fsp3) is 0.292. The molecule has 10 nitrogen and oxygen atoms in total. The molecule has 1 aromatic heterocycles. The Hall–Kier alpha value is -4.05. The van der Waals surface area contributed by atoms with Gasteiger partial charge in [0.15, 0.2) is 6.10 Å². The number of carbonyl (C=O) groups excluding carboxylic acids is 2. The van der Waals surface area contributed by atoms with Gasteiger partial charge in [-0.2, -0.15) is 9.90 Å². The molecule has 7 rings (SSSR count). The summed E-state index contributed by atoms with van der Waals surface area (Å²) in [6.07, 6.45) is 0.149. The molecule has 0 N–H and O–H groups in total. The van der Waals surface area contributed by atoms with Crippen molar-refractivity contribution in [2.75, 3.05) is 12.0 Å². The highest BCUT2D eigenvalue weighted by molar-refractivity contribution is 6.23. The lowest BCUT2D eigenvalue weighted by molar-refractivity contribution is -0.125. The molecule has 4 aliphatic rings. The second kappa shape index (κ2) is 6.97. The third-order valence-corrected chi connectivity index (χ3v) is 7.11. The SMILES string of the molecule is COc1ccc(N2C(=O)[C@@H]3[C@@H]4O[C@@H]([C@H]5C(c6cnn(-c7ccccc7)n6)=NO[C@@H]45)[C@@H]3C2=O)cc1. The fourth-order valence-corrected chi connectivity index (χ4v) is 5.62. The minimum atomic E-state index is -0.588. The van der Waals surface area contributed by atoms with Gasteiger partial charge in [0, 0.05) is 0 Å². The van der Waals surface area contributed by atoms with Crippen molar-refractivity contribution >= 4 is 23.2 Å². The molecule has 2 bridgehead atoms. The van der Waals surface area contributed by atoms with E-state index in [0.29, 0.717) is 22.8 Å². The Kier molecular flexibility index (Phi) is 3.98. The zero-order chi connectivity index (χ0) is 23.0. The number of fused-ring (bicyclic) bond motifs is 8. The molecule has 0 saturated carbocycles. The Morgan fingerprint density at radius 3 is 2.32 bits per heavy atom. The van der Waals surface area contributed by atoms with Gasteiger partial charge in [0.25, 0.3) is 0 Å². The standard InChI is InChI=1S/C24H19N5O5/c1-32-14-9-7-12(8-10-14)28-23(30)16-17(24(28)31)21-22-18(20(16)33-21)19(27-34-22)15-11-25-29(26-15)13-5-3-2-4-6-13/h2-11,16-18,20-22H,1H3/t16-,17+,18-,20-,21+,22-/m1/s1. The third-order valence-electron chi connectivity index (χ3n) is 7.11. The van der Waals surface area contributed by atoms with Gasteiger partial charge in [-0.25, -0.2) is 4.90 Å². The highest BCUT2D eigenvalue weighted by atomic mass is 16.7. The van der Waals surface area contributed by atoms with E-state index in [-0.39, 0.29) is 17.7 Å². The summed E-state index contributed by atoms with van der Waals surface area (Å²) in [5, 5.41) is 13.2. The van der Waals surface area contributed by atoms with Crippen LogP contribution in [0.2, 0.25) is 0 Å². The average Bonchev–Trinajstić information content (AvgIpc) is 3.67. The highest BCUT2D eigenvalue weighted by Crippen LogP contribution is 2.55. The molecule has 0 aliphatic carbocycles. The van der Waals surface area contributed by atoms with E-state index in [2.05, 4.69) is 15.4 Å². The first-order valence-corrected chi connectivity index (χ1v) is 11.0. The highest BCUT2D eigenvalue weighted by Gasteiger charge is 2.72. The number of aromatic nitrogens is 3. The van der Waals surface area contributed by atoms with Gasteiger partial charge in [0.1, 0.15) is 23.3 Å². The molecule has 10 heteroatoms. The second-order valence-corrected chi connectivity index (χ2v) is 8.75. The zero-order valence-electron chi connectivity index (χ0n) is 18.0. The minimum Gasteiger partial charge on any atom is -0.497 e. The van der Waals surface area contributed by atoms with Crippen LogP contribution in [0.1, 0.15) is 5.69 Å². The molecular weight excluding hydrogens is 438 g/mol. The first-order valence-electron chi connectivity index (χ1n) is 11.0. The van der Waals surface area contributed by atoms with Crippen LogP contribution in [0.3, 0.4) is 0 Å². The molecular formula is C24H19N5O5. The predicted molar refractivity (Wildman–Crippen MR) is 117 cm³/mol. The minimum absolute atomic E-state index is 0.259. The predicted octanol–water partition coefficient (Wildman–Crippen LogP) is 1.58. The fourth-order valence-electron chi connectivity index (χ4n) is 5.62. The summed E-state index contributed by atoms with van der Waals surface area (Å²) in [5.41, 5.74) is 2.50. The van der Waals surface area contributed by atoms with Crippen LogP contribution in [0.5, 0.6) is 5.75 Å². The lowest BCUT2D eigenvalue weighted by Crippen LogP contribution is -2.45. The van der Waals surface area contributed by atoms with E-state index >= 15 is 0 Å². The van der Waals surface area contributed by atoms with E-state index in [4.69, 9.17) is 14.3 Å². The zero-order valence-corrected chi connectivity index (χ0v) is 18.0. The number of amides is 2. The number of nitrogens with zero attached hydrogens (tertiary/aromatic N) is 5. The average molecular weight is 457 g/mol. The first-order chi connectivity index (χ1) is 16.7. The van der Waals surface area contributed by atoms with Crippen molar-refractivity contribution in [1.29, 1.82) is 0 Å². The van der Waals surface area contributed by atoms with Crippen LogP contribution in [-0.4, -0.2) is 57.9 Å². The number of methoxy groups -OCH3 is 1. The van der Waals surface area contributed by atoms with Crippen molar-refractivity contribution in [3.8, 4) is 11.4 Å². The van der Waals surface area contributed by atoms with E-state index in [0.717, 1.165) is 5.69 Å². The Bertz CT molecular complexity index is 1340. The van der Waals surface area contributed by atoms with E-state index < -0.39 is 30.1 Å². The van der Waals surface area contributed by atoms with Gasteiger partial charge in [-0.05, 0) is 36.4 Å². The number of hydrogen-bond donors (Lipinski definition) is 0. The van der Waals surface area contributed by atoms with Crippen molar-refractivity contribution < 1.29 is 23.9 Å². The van der Waals surface area contributed by atoms with E-state index in [1.54, 1.807) is 37.6 Å². The molecule has 3 fully saturated rings. The maximum Gasteiger partial charge on any atom is 0.240 e. The van der Waals surface area contributed by atoms with E-state index in [1.165, 1.54) is 9.70 Å². The molecule has 0 radical (unpaired) electrons. The maximum absolute atomic E-state index is 13.4. The molecule has 6 atom stereocenters. The summed E-state index contributed by atoms with van der Waals surface area (Å²) in [7, 11) is 1.57. The second-order valence-electron chi connectivity index (χ2n) is 8.75. The van der Waals surface area contributed by atoms with Gasteiger partial charge in [-0.15, -0.1) is 5.10 Å². The number of hydrogen-bond acceptors (Lipinski definition) is 8. The van der Waals surface area contributed by atoms with Crippen LogP contribution >= 0.6 is 0 Å². The number of ether oxygens (including phenoxy) is 2. The summed E-state index contributed by atoms with van der Waals surface area (Å²) < 4.78 is 11.3. The summed E-state index contributed by atoms with van der Waals surface area (Å²) in [5.74, 6) is -1.34. The summed E-state index contributed by atoms with van der Waals surface area (Å²) in [6, 6.07) is 16.4. The molecule has 170 valence electrons. The number of para-hydroxylation sites is 1. The number of oxime groups is 1. The Labute approximate surface area is 193 Å². The Morgan fingerprint density at radius 1 is 0.853 bits per heavy atom. The van der Waals surface area contributed by atoms with Crippen molar-refractivity contribution in [3.05, 3.63) is 66.5 Å². The monoisotopic (exact) mass is 457 g/mol. The molecule has 5 heterocycles. The van der Waals surface area contributed by atoms with E-state index in [9.17, 15) is 9.59 Å². The first kappa shape index (κ1) is 19.4. The number of anilines is 1. The van der Waals surface area contributed by atoms with Crippen molar-refractivity contribution in [2.24, 2.45) is 22.9 Å². The van der Waals surface area contributed by atoms with Crippen LogP contribution in [0.15, 0.2) is 65.9 Å². The number of rotatable bonds is 4. The maximum atomic E-state index is 13.4. The molecule has 4 aliphatic heterocycles. The molecule has 2 amide bonds. The number of carbonyl (C=O) groups is 2. The smallest absolute Gasteiger partial charge is 0.240 e. The van der Waals surface area contributed by atoms with Gasteiger partial charge < -0.3 is 14.3 Å². The van der Waals surface area contributed by atoms with Gasteiger partial charge >= 0.3 is 0 Å². The lowest BCUT2D eigenvalue weighted by atomic mass is 9.72. The summed E-state index contributed by atoms with van der Waals surface area (Å²) in [6.45, 7) is 0. The topological polar surface area (TPSA) is 108 Å². The molecule has 0 spiro atoms. The molecule has 2 aromatic carbocycles.